The first-order valence-corrected chi connectivity index (χ1v) is 11.7. The molecule has 0 spiro atoms. The van der Waals surface area contributed by atoms with Crippen molar-refractivity contribution in [1.29, 1.82) is 0 Å². The van der Waals surface area contributed by atoms with E-state index in [1.165, 1.54) is 6.42 Å². The molecule has 2 N–H and O–H groups in total. The second-order valence-electron chi connectivity index (χ2n) is 8.03. The van der Waals surface area contributed by atoms with Crippen molar-refractivity contribution in [3.63, 3.8) is 0 Å². The lowest BCUT2D eigenvalue weighted by atomic mass is 9.89. The van der Waals surface area contributed by atoms with E-state index in [2.05, 4.69) is 26.6 Å². The van der Waals surface area contributed by atoms with E-state index in [-0.39, 0.29) is 24.3 Å². The minimum absolute atomic E-state index is 0.113. The summed E-state index contributed by atoms with van der Waals surface area (Å²) in [5.41, 5.74) is 2.52. The standard InChI is InChI=1S/C24H27BrN4O2/c25-18-10-12-19(13-11-18)27-23(30)16-29-21-9-5-4-8-20(21)28-22(29)14-15-26-24(31)17-6-2-1-3-7-17/h4-5,8-13,17H,1-3,6-7,14-16H2,(H,26,31)(H,27,30). The van der Waals surface area contributed by atoms with Crippen LogP contribution in [0.3, 0.4) is 0 Å². The molecular weight excluding hydrogens is 456 g/mol. The zero-order valence-electron chi connectivity index (χ0n) is 17.4. The number of carbonyl (C=O) groups is 2. The smallest absolute Gasteiger partial charge is 0.244 e. The zero-order valence-corrected chi connectivity index (χ0v) is 19.0. The summed E-state index contributed by atoms with van der Waals surface area (Å²) in [4.78, 5) is 29.9. The monoisotopic (exact) mass is 482 g/mol. The highest BCUT2D eigenvalue weighted by atomic mass is 79.9. The van der Waals surface area contributed by atoms with E-state index < -0.39 is 0 Å². The molecule has 7 heteroatoms. The van der Waals surface area contributed by atoms with Crippen LogP contribution in [0, 0.1) is 5.92 Å². The third-order valence-corrected chi connectivity index (χ3v) is 6.32. The second kappa shape index (κ2) is 10.1. The predicted octanol–water partition coefficient (Wildman–Crippen LogP) is 4.68. The quantitative estimate of drug-likeness (QED) is 0.513. The van der Waals surface area contributed by atoms with Crippen LogP contribution in [0.2, 0.25) is 0 Å². The first kappa shape index (κ1) is 21.6. The van der Waals surface area contributed by atoms with Crippen molar-refractivity contribution in [2.24, 2.45) is 5.92 Å². The highest BCUT2D eigenvalue weighted by Gasteiger charge is 2.21. The molecule has 0 aliphatic heterocycles. The Hall–Kier alpha value is -2.67. The van der Waals surface area contributed by atoms with Crippen molar-refractivity contribution < 1.29 is 9.59 Å². The maximum absolute atomic E-state index is 12.7. The fourth-order valence-corrected chi connectivity index (χ4v) is 4.44. The van der Waals surface area contributed by atoms with Crippen LogP contribution in [-0.4, -0.2) is 27.9 Å². The largest absolute Gasteiger partial charge is 0.355 e. The van der Waals surface area contributed by atoms with E-state index in [1.54, 1.807) is 0 Å². The molecule has 1 fully saturated rings. The topological polar surface area (TPSA) is 76.0 Å². The fraction of sp³-hybridized carbons (Fsp3) is 0.375. The molecule has 1 aliphatic rings. The molecule has 2 amide bonds. The molecule has 0 bridgehead atoms. The van der Waals surface area contributed by atoms with E-state index in [4.69, 9.17) is 4.98 Å². The first-order chi connectivity index (χ1) is 15.1. The van der Waals surface area contributed by atoms with Gasteiger partial charge in [0, 0.05) is 29.0 Å². The lowest BCUT2D eigenvalue weighted by molar-refractivity contribution is -0.125. The molecule has 162 valence electrons. The minimum Gasteiger partial charge on any atom is -0.355 e. The molecule has 4 rings (SSSR count). The van der Waals surface area contributed by atoms with Crippen molar-refractivity contribution in [2.45, 2.75) is 45.1 Å². The molecule has 3 aromatic rings. The lowest BCUT2D eigenvalue weighted by Gasteiger charge is -2.20. The molecule has 0 saturated heterocycles. The van der Waals surface area contributed by atoms with Gasteiger partial charge >= 0.3 is 0 Å². The summed E-state index contributed by atoms with van der Waals surface area (Å²) in [5, 5.41) is 6.01. The molecule has 0 atom stereocenters. The highest BCUT2D eigenvalue weighted by molar-refractivity contribution is 9.10. The summed E-state index contributed by atoms with van der Waals surface area (Å²) < 4.78 is 2.90. The van der Waals surface area contributed by atoms with Crippen LogP contribution >= 0.6 is 15.9 Å². The zero-order chi connectivity index (χ0) is 21.6. The summed E-state index contributed by atoms with van der Waals surface area (Å²) >= 11 is 3.40. The maximum atomic E-state index is 12.7. The second-order valence-corrected chi connectivity index (χ2v) is 8.95. The van der Waals surface area contributed by atoms with Crippen LogP contribution in [0.1, 0.15) is 37.9 Å². The van der Waals surface area contributed by atoms with E-state index in [1.807, 2.05) is 53.1 Å². The third kappa shape index (κ3) is 5.53. The van der Waals surface area contributed by atoms with E-state index in [0.29, 0.717) is 13.0 Å². The van der Waals surface area contributed by atoms with Crippen molar-refractivity contribution in [1.82, 2.24) is 14.9 Å². The third-order valence-electron chi connectivity index (χ3n) is 5.79. The minimum atomic E-state index is -0.113. The molecule has 1 heterocycles. The molecule has 1 saturated carbocycles. The van der Waals surface area contributed by atoms with Gasteiger partial charge in [0.2, 0.25) is 11.8 Å². The summed E-state index contributed by atoms with van der Waals surface area (Å²) in [5.74, 6) is 0.980. The number of halogens is 1. The number of fused-ring (bicyclic) bond motifs is 1. The molecule has 31 heavy (non-hydrogen) atoms. The number of benzene rings is 2. The van der Waals surface area contributed by atoms with E-state index in [9.17, 15) is 9.59 Å². The number of imidazole rings is 1. The number of amides is 2. The Morgan fingerprint density at radius 3 is 2.55 bits per heavy atom. The summed E-state index contributed by atoms with van der Waals surface area (Å²) in [7, 11) is 0. The van der Waals surface area contributed by atoms with Crippen LogP contribution in [0.25, 0.3) is 11.0 Å². The van der Waals surface area contributed by atoms with Gasteiger partial charge in [-0.2, -0.15) is 0 Å². The summed E-state index contributed by atoms with van der Waals surface area (Å²) in [6, 6.07) is 15.3. The van der Waals surface area contributed by atoms with Crippen molar-refractivity contribution >= 4 is 44.5 Å². The van der Waals surface area contributed by atoms with Gasteiger partial charge in [0.1, 0.15) is 12.4 Å². The van der Waals surface area contributed by atoms with Gasteiger partial charge in [0.05, 0.1) is 11.0 Å². The number of nitrogens with one attached hydrogen (secondary N) is 2. The molecule has 1 aromatic heterocycles. The Balaban J connectivity index is 1.43. The molecule has 1 aliphatic carbocycles. The number of para-hydroxylation sites is 2. The number of carbonyl (C=O) groups excluding carboxylic acids is 2. The van der Waals surface area contributed by atoms with Crippen molar-refractivity contribution in [2.75, 3.05) is 11.9 Å². The molecule has 6 nitrogen and oxygen atoms in total. The number of rotatable bonds is 7. The Morgan fingerprint density at radius 1 is 1.03 bits per heavy atom. The number of nitrogens with zero attached hydrogens (tertiary/aromatic N) is 2. The maximum Gasteiger partial charge on any atom is 0.244 e. The number of anilines is 1. The number of aromatic nitrogens is 2. The van der Waals surface area contributed by atoms with Gasteiger partial charge in [-0.05, 0) is 49.2 Å². The average Bonchev–Trinajstić information content (AvgIpc) is 3.13. The van der Waals surface area contributed by atoms with Crippen molar-refractivity contribution in [3.8, 4) is 0 Å². The number of hydrogen-bond donors (Lipinski definition) is 2. The van der Waals surface area contributed by atoms with E-state index >= 15 is 0 Å². The van der Waals surface area contributed by atoms with E-state index in [0.717, 1.165) is 52.7 Å². The number of hydrogen-bond acceptors (Lipinski definition) is 3. The summed E-state index contributed by atoms with van der Waals surface area (Å²) in [6.07, 6.45) is 6.07. The van der Waals surface area contributed by atoms with Crippen LogP contribution in [0.5, 0.6) is 0 Å². The van der Waals surface area contributed by atoms with Crippen LogP contribution < -0.4 is 10.6 Å². The Morgan fingerprint density at radius 2 is 1.77 bits per heavy atom. The molecule has 0 unspecified atom stereocenters. The predicted molar refractivity (Wildman–Crippen MR) is 126 cm³/mol. The van der Waals surface area contributed by atoms with Gasteiger partial charge in [-0.3, -0.25) is 9.59 Å². The summed E-state index contributed by atoms with van der Waals surface area (Å²) in [6.45, 7) is 0.690. The van der Waals surface area contributed by atoms with Gasteiger partial charge in [-0.15, -0.1) is 0 Å². The fourth-order valence-electron chi connectivity index (χ4n) is 4.18. The van der Waals surface area contributed by atoms with Gasteiger partial charge < -0.3 is 15.2 Å². The normalized spacial score (nSPS) is 14.5. The van der Waals surface area contributed by atoms with Gasteiger partial charge in [-0.1, -0.05) is 47.3 Å². The highest BCUT2D eigenvalue weighted by Crippen LogP contribution is 2.23. The van der Waals surface area contributed by atoms with Gasteiger partial charge in [0.25, 0.3) is 0 Å². The van der Waals surface area contributed by atoms with Crippen LogP contribution in [0.15, 0.2) is 53.0 Å². The van der Waals surface area contributed by atoms with Crippen molar-refractivity contribution in [3.05, 3.63) is 58.8 Å². The Bertz CT molecular complexity index is 1060. The lowest BCUT2D eigenvalue weighted by Crippen LogP contribution is -2.33. The van der Waals surface area contributed by atoms with Gasteiger partial charge in [-0.25, -0.2) is 4.98 Å². The Labute approximate surface area is 190 Å². The van der Waals surface area contributed by atoms with Crippen LogP contribution in [0.4, 0.5) is 5.69 Å². The SMILES string of the molecule is O=C(Cn1c(CCNC(=O)C2CCCCC2)nc2ccccc21)Nc1ccc(Br)cc1. The average molecular weight is 483 g/mol. The van der Waals surface area contributed by atoms with Crippen LogP contribution in [-0.2, 0) is 22.6 Å². The van der Waals surface area contributed by atoms with Gasteiger partial charge in [0.15, 0.2) is 0 Å². The first-order valence-electron chi connectivity index (χ1n) is 10.9. The molecule has 0 radical (unpaired) electrons. The Kier molecular flexibility index (Phi) is 7.02. The molecule has 2 aromatic carbocycles. The molecular formula is C24H27BrN4O2.